The van der Waals surface area contributed by atoms with Crippen molar-refractivity contribution in [1.82, 2.24) is 0 Å². The number of carbonyl (C=O) groups excluding carboxylic acids is 2. The van der Waals surface area contributed by atoms with Gasteiger partial charge in [-0.1, -0.05) is 109 Å². The van der Waals surface area contributed by atoms with Gasteiger partial charge in [0.05, 0.1) is 6.61 Å². The second-order valence-electron chi connectivity index (χ2n) is 14.5. The van der Waals surface area contributed by atoms with Crippen LogP contribution in [0.3, 0.4) is 0 Å². The molecule has 54 heavy (non-hydrogen) atoms. The summed E-state index contributed by atoms with van der Waals surface area (Å²) in [5, 5.41) is 50.0. The zero-order valence-electron chi connectivity index (χ0n) is 33.0. The average Bonchev–Trinajstić information content (AvgIpc) is 3.15. The average molecular weight is 793 g/mol. The molecule has 1 rings (SSSR count). The molecule has 1 fully saturated rings. The van der Waals surface area contributed by atoms with Gasteiger partial charge in [0.15, 0.2) is 6.10 Å². The van der Waals surface area contributed by atoms with Gasteiger partial charge in [-0.2, -0.15) is 0 Å². The maximum absolute atomic E-state index is 12.8. The van der Waals surface area contributed by atoms with Crippen molar-refractivity contribution in [1.29, 1.82) is 0 Å². The Morgan fingerprint density at radius 1 is 0.556 bits per heavy atom. The fraction of sp³-hybridized carbons (Fsp3) is 0.850. The van der Waals surface area contributed by atoms with Gasteiger partial charge in [0.2, 0.25) is 0 Å². The Morgan fingerprint density at radius 3 is 1.44 bits per heavy atom. The third-order valence-electron chi connectivity index (χ3n) is 9.52. The second kappa shape index (κ2) is 31.4. The summed E-state index contributed by atoms with van der Waals surface area (Å²) in [4.78, 5) is 35.5. The zero-order chi connectivity index (χ0) is 40.0. The van der Waals surface area contributed by atoms with E-state index in [1.54, 1.807) is 0 Å². The van der Waals surface area contributed by atoms with Crippen molar-refractivity contribution >= 4 is 19.8 Å². The van der Waals surface area contributed by atoms with E-state index in [9.17, 15) is 44.6 Å². The first-order chi connectivity index (χ1) is 25.9. The van der Waals surface area contributed by atoms with Gasteiger partial charge in [-0.15, -0.1) is 0 Å². The largest absolute Gasteiger partial charge is 0.472 e. The second-order valence-corrected chi connectivity index (χ2v) is 15.9. The van der Waals surface area contributed by atoms with Crippen LogP contribution in [0.4, 0.5) is 0 Å². The maximum atomic E-state index is 12.8. The molecule has 0 aliphatic heterocycles. The SMILES string of the molecule is CCCCC/C=C/CCCCCCCC(=O)O[C@H](COC(=O)CCCCCCC/C=C/CCCCCC)COP(=O)(O)OC1C(O)C(O)C(O)[C@@H](O)C1O. The summed E-state index contributed by atoms with van der Waals surface area (Å²) in [6, 6.07) is 0. The topological polar surface area (TPSA) is 210 Å². The van der Waals surface area contributed by atoms with E-state index >= 15 is 0 Å². The molecule has 6 N–H and O–H groups in total. The van der Waals surface area contributed by atoms with E-state index in [2.05, 4.69) is 38.2 Å². The van der Waals surface area contributed by atoms with Crippen LogP contribution in [0.15, 0.2) is 24.3 Å². The minimum absolute atomic E-state index is 0.0857. The summed E-state index contributed by atoms with van der Waals surface area (Å²) in [5.74, 6) is -1.12. The molecule has 0 spiro atoms. The van der Waals surface area contributed by atoms with Crippen molar-refractivity contribution in [3.8, 4) is 0 Å². The molecule has 1 saturated carbocycles. The lowest BCUT2D eigenvalue weighted by molar-refractivity contribution is -0.220. The highest BCUT2D eigenvalue weighted by Crippen LogP contribution is 2.47. The number of phosphoric ester groups is 1. The third-order valence-corrected chi connectivity index (χ3v) is 10.5. The highest BCUT2D eigenvalue weighted by Gasteiger charge is 2.51. The first kappa shape index (κ1) is 50.3. The highest BCUT2D eigenvalue weighted by molar-refractivity contribution is 7.47. The normalized spacial score (nSPS) is 23.5. The molecule has 0 radical (unpaired) electrons. The molecule has 0 saturated heterocycles. The van der Waals surface area contributed by atoms with Crippen molar-refractivity contribution in [2.75, 3.05) is 13.2 Å². The molecule has 0 amide bonds. The summed E-state index contributed by atoms with van der Waals surface area (Å²) in [5.41, 5.74) is 0. The summed E-state index contributed by atoms with van der Waals surface area (Å²) in [7, 11) is -5.11. The van der Waals surface area contributed by atoms with Gasteiger partial charge in [0.25, 0.3) is 0 Å². The molecule has 8 atom stereocenters. The Bertz CT molecular complexity index is 1050. The molecule has 0 aromatic rings. The summed E-state index contributed by atoms with van der Waals surface area (Å²) < 4.78 is 33.4. The number of phosphoric acid groups is 1. The fourth-order valence-corrected chi connectivity index (χ4v) is 7.07. The van der Waals surface area contributed by atoms with Gasteiger partial charge < -0.3 is 39.9 Å². The quantitative estimate of drug-likeness (QED) is 0.0173. The Morgan fingerprint density at radius 2 is 0.944 bits per heavy atom. The van der Waals surface area contributed by atoms with Crippen LogP contribution in [0.25, 0.3) is 0 Å². The van der Waals surface area contributed by atoms with Crippen LogP contribution in [0.5, 0.6) is 0 Å². The third kappa shape index (κ3) is 24.1. The fourth-order valence-electron chi connectivity index (χ4n) is 6.10. The van der Waals surface area contributed by atoms with E-state index in [0.717, 1.165) is 77.0 Å². The zero-order valence-corrected chi connectivity index (χ0v) is 33.9. The molecule has 13 nitrogen and oxygen atoms in total. The molecule has 0 bridgehead atoms. The van der Waals surface area contributed by atoms with Gasteiger partial charge in [-0.05, 0) is 64.2 Å². The molecular weight excluding hydrogens is 719 g/mol. The van der Waals surface area contributed by atoms with Crippen LogP contribution >= 0.6 is 7.82 Å². The lowest BCUT2D eigenvalue weighted by Crippen LogP contribution is -2.64. The number of hydrogen-bond acceptors (Lipinski definition) is 12. The number of carbonyl (C=O) groups is 2. The first-order valence-electron chi connectivity index (χ1n) is 20.6. The molecular formula is C40H73O13P. The number of esters is 2. The molecule has 1 aliphatic carbocycles. The van der Waals surface area contributed by atoms with Crippen molar-refractivity contribution in [2.45, 2.75) is 204 Å². The van der Waals surface area contributed by atoms with Crippen LogP contribution in [-0.4, -0.2) is 98.3 Å². The molecule has 0 aromatic carbocycles. The van der Waals surface area contributed by atoms with Gasteiger partial charge in [-0.25, -0.2) is 4.57 Å². The number of aliphatic hydroxyl groups excluding tert-OH is 5. The van der Waals surface area contributed by atoms with E-state index in [-0.39, 0.29) is 12.8 Å². The van der Waals surface area contributed by atoms with Crippen LogP contribution in [0.2, 0.25) is 0 Å². The maximum Gasteiger partial charge on any atom is 0.472 e. The lowest BCUT2D eigenvalue weighted by Gasteiger charge is -2.41. The van der Waals surface area contributed by atoms with Crippen molar-refractivity contribution in [3.63, 3.8) is 0 Å². The van der Waals surface area contributed by atoms with Crippen LogP contribution in [0.1, 0.15) is 162 Å². The first-order valence-corrected chi connectivity index (χ1v) is 22.1. The number of rotatable bonds is 33. The summed E-state index contributed by atoms with van der Waals surface area (Å²) in [6.45, 7) is 3.21. The predicted octanol–water partition coefficient (Wildman–Crippen LogP) is 6.89. The Labute approximate surface area is 324 Å². The van der Waals surface area contributed by atoms with E-state index < -0.39 is 75.7 Å². The van der Waals surface area contributed by atoms with E-state index in [0.29, 0.717) is 12.8 Å². The van der Waals surface area contributed by atoms with Crippen molar-refractivity contribution in [2.24, 2.45) is 0 Å². The molecule has 316 valence electrons. The smallest absolute Gasteiger partial charge is 0.462 e. The van der Waals surface area contributed by atoms with Gasteiger partial charge >= 0.3 is 19.8 Å². The molecule has 0 heterocycles. The highest BCUT2D eigenvalue weighted by atomic mass is 31.2. The van der Waals surface area contributed by atoms with E-state index in [1.165, 1.54) is 44.9 Å². The van der Waals surface area contributed by atoms with Crippen molar-refractivity contribution < 1.29 is 63.1 Å². The minimum Gasteiger partial charge on any atom is -0.462 e. The Hall–Kier alpha value is -1.67. The van der Waals surface area contributed by atoms with E-state index in [1.807, 2.05) is 0 Å². The number of hydrogen-bond donors (Lipinski definition) is 6. The molecule has 14 heteroatoms. The van der Waals surface area contributed by atoms with E-state index in [4.69, 9.17) is 18.5 Å². The van der Waals surface area contributed by atoms with Gasteiger partial charge in [0.1, 0.15) is 43.2 Å². The lowest BCUT2D eigenvalue weighted by atomic mass is 9.85. The number of aliphatic hydroxyl groups is 5. The monoisotopic (exact) mass is 792 g/mol. The van der Waals surface area contributed by atoms with Crippen molar-refractivity contribution in [3.05, 3.63) is 24.3 Å². The molecule has 6 unspecified atom stereocenters. The Kier molecular flexibility index (Phi) is 29.3. The van der Waals surface area contributed by atoms with Gasteiger partial charge in [-0.3, -0.25) is 18.6 Å². The van der Waals surface area contributed by atoms with Crippen LogP contribution < -0.4 is 0 Å². The van der Waals surface area contributed by atoms with Crippen LogP contribution in [-0.2, 0) is 32.7 Å². The summed E-state index contributed by atoms with van der Waals surface area (Å²) >= 11 is 0. The van der Waals surface area contributed by atoms with Crippen LogP contribution in [0, 0.1) is 0 Å². The van der Waals surface area contributed by atoms with Gasteiger partial charge in [0, 0.05) is 12.8 Å². The summed E-state index contributed by atoms with van der Waals surface area (Å²) in [6.07, 6.45) is 18.2. The minimum atomic E-state index is -5.11. The standard InChI is InChI=1S/C40H73O13P/c1-3-5-7-9-11-13-15-17-19-20-22-24-26-28-33(41)50-30-32(52-34(42)29-27-25-23-21-18-16-14-12-10-8-6-4-2)31-51-54(48,49)53-40-38(46)36(44)35(43)37(45)39(40)47/h12-15,32,35-40,43-47H,3-11,16-31H2,1-2H3,(H,48,49)/b14-12+,15-13+/t32-,35?,36-,37?,38?,39?,40?/m1/s1. The molecule has 0 aromatic heterocycles. The predicted molar refractivity (Wildman–Crippen MR) is 207 cm³/mol. The number of ether oxygens (including phenoxy) is 2. The molecule has 1 aliphatic rings. The number of unbranched alkanes of at least 4 members (excludes halogenated alkanes) is 17. The number of allylic oxidation sites excluding steroid dienone is 4. The Balaban J connectivity index is 2.53.